The highest BCUT2D eigenvalue weighted by molar-refractivity contribution is 5.92. The average molecular weight is 239 g/mol. The van der Waals surface area contributed by atoms with Gasteiger partial charge in [0.05, 0.1) is 12.6 Å². The fourth-order valence-corrected chi connectivity index (χ4v) is 1.08. The molecule has 0 aliphatic carbocycles. The lowest BCUT2D eigenvalue weighted by Crippen LogP contribution is -2.42. The van der Waals surface area contributed by atoms with Crippen LogP contribution in [0.3, 0.4) is 0 Å². The molecule has 92 valence electrons. The zero-order valence-electron chi connectivity index (χ0n) is 9.37. The van der Waals surface area contributed by atoms with Crippen molar-refractivity contribution < 1.29 is 14.0 Å². The van der Waals surface area contributed by atoms with Crippen molar-refractivity contribution in [2.24, 2.45) is 5.73 Å². The number of halogens is 1. The standard InChI is InChI=1S/C11H14FN3O2/c1-7(11(13)17)14-6-10(16)15-9-4-2-8(12)3-5-9/h2-5,7,14H,6H2,1H3,(H2,13,17)(H,15,16). The molecule has 1 rings (SSSR count). The van der Waals surface area contributed by atoms with E-state index < -0.39 is 11.9 Å². The average Bonchev–Trinajstić information content (AvgIpc) is 2.29. The number of carbonyl (C=O) groups excluding carboxylic acids is 2. The number of amides is 2. The molecule has 0 saturated heterocycles. The van der Waals surface area contributed by atoms with E-state index >= 15 is 0 Å². The van der Waals surface area contributed by atoms with Gasteiger partial charge in [0.1, 0.15) is 5.82 Å². The monoisotopic (exact) mass is 239 g/mol. The van der Waals surface area contributed by atoms with Crippen molar-refractivity contribution in [3.63, 3.8) is 0 Å². The second-order valence-corrected chi connectivity index (χ2v) is 3.56. The van der Waals surface area contributed by atoms with E-state index in [0.717, 1.165) is 0 Å². The maximum atomic E-state index is 12.6. The molecular formula is C11H14FN3O2. The van der Waals surface area contributed by atoms with E-state index in [1.54, 1.807) is 6.92 Å². The highest BCUT2D eigenvalue weighted by Crippen LogP contribution is 2.07. The van der Waals surface area contributed by atoms with Crippen molar-refractivity contribution in [1.82, 2.24) is 5.32 Å². The van der Waals surface area contributed by atoms with Crippen molar-refractivity contribution in [3.05, 3.63) is 30.1 Å². The Morgan fingerprint density at radius 2 is 1.94 bits per heavy atom. The van der Waals surface area contributed by atoms with Crippen LogP contribution in [0.5, 0.6) is 0 Å². The largest absolute Gasteiger partial charge is 0.368 e. The minimum Gasteiger partial charge on any atom is -0.368 e. The summed E-state index contributed by atoms with van der Waals surface area (Å²) in [6.07, 6.45) is 0. The lowest BCUT2D eigenvalue weighted by Gasteiger charge is -2.10. The Hall–Kier alpha value is -1.95. The molecule has 1 aromatic rings. The molecule has 0 fully saturated rings. The van der Waals surface area contributed by atoms with Crippen LogP contribution < -0.4 is 16.4 Å². The molecule has 17 heavy (non-hydrogen) atoms. The zero-order valence-corrected chi connectivity index (χ0v) is 9.37. The first-order valence-corrected chi connectivity index (χ1v) is 5.07. The summed E-state index contributed by atoms with van der Waals surface area (Å²) in [5.74, 6) is -1.23. The van der Waals surface area contributed by atoms with E-state index in [1.165, 1.54) is 24.3 Å². The minimum absolute atomic E-state index is 0.0402. The quantitative estimate of drug-likeness (QED) is 0.687. The van der Waals surface area contributed by atoms with Crippen molar-refractivity contribution in [2.45, 2.75) is 13.0 Å². The normalized spacial score (nSPS) is 11.9. The molecule has 0 spiro atoms. The molecule has 0 aliphatic heterocycles. The van der Waals surface area contributed by atoms with Gasteiger partial charge in [-0.15, -0.1) is 0 Å². The van der Waals surface area contributed by atoms with Gasteiger partial charge >= 0.3 is 0 Å². The van der Waals surface area contributed by atoms with Gasteiger partial charge < -0.3 is 11.1 Å². The topological polar surface area (TPSA) is 84.2 Å². The Kier molecular flexibility index (Phi) is 4.59. The van der Waals surface area contributed by atoms with Crippen LogP contribution in [0, 0.1) is 5.82 Å². The highest BCUT2D eigenvalue weighted by atomic mass is 19.1. The van der Waals surface area contributed by atoms with Gasteiger partial charge in [0, 0.05) is 5.69 Å². The van der Waals surface area contributed by atoms with Crippen LogP contribution in [0.2, 0.25) is 0 Å². The summed E-state index contributed by atoms with van der Waals surface area (Å²) in [6.45, 7) is 1.52. The van der Waals surface area contributed by atoms with Crippen LogP contribution in [0.1, 0.15) is 6.92 Å². The molecule has 1 aromatic carbocycles. The molecule has 0 aliphatic rings. The van der Waals surface area contributed by atoms with E-state index in [-0.39, 0.29) is 18.3 Å². The van der Waals surface area contributed by atoms with Gasteiger partial charge in [-0.1, -0.05) is 0 Å². The van der Waals surface area contributed by atoms with Crippen molar-refractivity contribution in [3.8, 4) is 0 Å². The molecule has 0 heterocycles. The number of carbonyl (C=O) groups is 2. The van der Waals surface area contributed by atoms with E-state index in [2.05, 4.69) is 10.6 Å². The Morgan fingerprint density at radius 3 is 2.47 bits per heavy atom. The molecule has 1 atom stereocenters. The van der Waals surface area contributed by atoms with Crippen LogP contribution in [-0.4, -0.2) is 24.4 Å². The van der Waals surface area contributed by atoms with Crippen LogP contribution in [0.25, 0.3) is 0 Å². The lowest BCUT2D eigenvalue weighted by molar-refractivity contribution is -0.120. The Labute approximate surface area is 98.2 Å². The minimum atomic E-state index is -0.575. The molecule has 4 N–H and O–H groups in total. The second kappa shape index (κ2) is 5.95. The molecule has 6 heteroatoms. The molecular weight excluding hydrogens is 225 g/mol. The van der Waals surface area contributed by atoms with E-state index in [9.17, 15) is 14.0 Å². The third-order valence-electron chi connectivity index (χ3n) is 2.12. The number of hydrogen-bond acceptors (Lipinski definition) is 3. The van der Waals surface area contributed by atoms with E-state index in [4.69, 9.17) is 5.73 Å². The van der Waals surface area contributed by atoms with Crippen LogP contribution in [0.4, 0.5) is 10.1 Å². The summed E-state index contributed by atoms with van der Waals surface area (Å²) in [6, 6.07) is 4.81. The maximum absolute atomic E-state index is 12.6. The van der Waals surface area contributed by atoms with Gasteiger partial charge in [-0.3, -0.25) is 14.9 Å². The van der Waals surface area contributed by atoms with Crippen LogP contribution in [-0.2, 0) is 9.59 Å². The number of benzene rings is 1. The van der Waals surface area contributed by atoms with Crippen molar-refractivity contribution in [2.75, 3.05) is 11.9 Å². The van der Waals surface area contributed by atoms with Crippen LogP contribution >= 0.6 is 0 Å². The second-order valence-electron chi connectivity index (χ2n) is 3.56. The van der Waals surface area contributed by atoms with Crippen molar-refractivity contribution in [1.29, 1.82) is 0 Å². The summed E-state index contributed by atoms with van der Waals surface area (Å²) in [4.78, 5) is 22.1. The number of nitrogens with two attached hydrogens (primary N) is 1. The Morgan fingerprint density at radius 1 is 1.35 bits per heavy atom. The summed E-state index contributed by atoms with van der Waals surface area (Å²) < 4.78 is 12.6. The molecule has 0 radical (unpaired) electrons. The molecule has 0 saturated carbocycles. The van der Waals surface area contributed by atoms with Gasteiger partial charge in [0.25, 0.3) is 0 Å². The van der Waals surface area contributed by atoms with E-state index in [0.29, 0.717) is 5.69 Å². The molecule has 0 aromatic heterocycles. The summed E-state index contributed by atoms with van der Waals surface area (Å²) in [7, 11) is 0. The lowest BCUT2D eigenvalue weighted by atomic mass is 10.3. The van der Waals surface area contributed by atoms with Gasteiger partial charge in [-0.25, -0.2) is 4.39 Å². The van der Waals surface area contributed by atoms with Crippen molar-refractivity contribution >= 4 is 17.5 Å². The molecule has 5 nitrogen and oxygen atoms in total. The SMILES string of the molecule is CC(NCC(=O)Nc1ccc(F)cc1)C(N)=O. The molecule has 1 unspecified atom stereocenters. The van der Waals surface area contributed by atoms with Gasteiger partial charge in [0.15, 0.2) is 0 Å². The Balaban J connectivity index is 2.39. The number of hydrogen-bond donors (Lipinski definition) is 3. The highest BCUT2D eigenvalue weighted by Gasteiger charge is 2.09. The van der Waals surface area contributed by atoms with E-state index in [1.807, 2.05) is 0 Å². The first-order chi connectivity index (χ1) is 7.99. The summed E-state index contributed by atoms with van der Waals surface area (Å²) >= 11 is 0. The fourth-order valence-electron chi connectivity index (χ4n) is 1.08. The number of primary amides is 1. The summed E-state index contributed by atoms with van der Waals surface area (Å²) in [5, 5.41) is 5.20. The predicted octanol–water partition coefficient (Wildman–Crippen LogP) is 0.228. The third kappa shape index (κ3) is 4.60. The van der Waals surface area contributed by atoms with Gasteiger partial charge in [-0.05, 0) is 31.2 Å². The van der Waals surface area contributed by atoms with Gasteiger partial charge in [0.2, 0.25) is 11.8 Å². The van der Waals surface area contributed by atoms with Crippen LogP contribution in [0.15, 0.2) is 24.3 Å². The molecule has 0 bridgehead atoms. The number of anilines is 1. The first kappa shape index (κ1) is 13.1. The summed E-state index contributed by atoms with van der Waals surface area (Å²) in [5.41, 5.74) is 5.51. The number of rotatable bonds is 5. The predicted molar refractivity (Wildman–Crippen MR) is 61.7 cm³/mol. The third-order valence-corrected chi connectivity index (χ3v) is 2.12. The number of nitrogens with one attached hydrogen (secondary N) is 2. The smallest absolute Gasteiger partial charge is 0.238 e. The molecule has 2 amide bonds. The Bertz CT molecular complexity index is 406. The van der Waals surface area contributed by atoms with Gasteiger partial charge in [-0.2, -0.15) is 0 Å². The zero-order chi connectivity index (χ0) is 12.8. The fraction of sp³-hybridized carbons (Fsp3) is 0.273. The first-order valence-electron chi connectivity index (χ1n) is 5.07. The maximum Gasteiger partial charge on any atom is 0.238 e.